The zero-order chi connectivity index (χ0) is 24.7. The topological polar surface area (TPSA) is 163 Å². The number of anilines is 2. The van der Waals surface area contributed by atoms with E-state index in [4.69, 9.17) is 15.9 Å². The first-order valence-corrected chi connectivity index (χ1v) is 10.2. The van der Waals surface area contributed by atoms with E-state index in [0.29, 0.717) is 17.1 Å². The third kappa shape index (κ3) is 5.88. The van der Waals surface area contributed by atoms with Crippen LogP contribution in [0.15, 0.2) is 36.5 Å². The van der Waals surface area contributed by atoms with E-state index in [2.05, 4.69) is 20.4 Å². The molecule has 4 amide bonds. The van der Waals surface area contributed by atoms with Gasteiger partial charge in [0.15, 0.2) is 0 Å². The minimum atomic E-state index is -0.664. The summed E-state index contributed by atoms with van der Waals surface area (Å²) in [5.41, 5.74) is 6.11. The average molecular weight is 473 g/mol. The van der Waals surface area contributed by atoms with Crippen LogP contribution >= 0.6 is 0 Å². The summed E-state index contributed by atoms with van der Waals surface area (Å²) in [6.07, 6.45) is 0.636. The molecule has 0 aliphatic carbocycles. The molecule has 1 aromatic heterocycles. The summed E-state index contributed by atoms with van der Waals surface area (Å²) >= 11 is 0. The van der Waals surface area contributed by atoms with Gasteiger partial charge in [0.2, 0.25) is 0 Å². The molecule has 0 spiro atoms. The quantitative estimate of drug-likeness (QED) is 0.318. The first-order valence-electron chi connectivity index (χ1n) is 10.2. The molecule has 0 radical (unpaired) electrons. The number of amides is 4. The normalized spacial score (nSPS) is 14.8. The van der Waals surface area contributed by atoms with Crippen LogP contribution < -0.4 is 26.2 Å². The van der Waals surface area contributed by atoms with Crippen LogP contribution in [-0.2, 0) is 9.47 Å². The number of hydrogen-bond donors (Lipinski definition) is 4. The molecule has 2 heterocycles. The van der Waals surface area contributed by atoms with Gasteiger partial charge in [0, 0.05) is 30.4 Å². The molecule has 0 bridgehead atoms. The maximum absolute atomic E-state index is 14.9. The second-order valence-corrected chi connectivity index (χ2v) is 7.17. The molecule has 0 saturated carbocycles. The molecule has 1 fully saturated rings. The number of carbonyl (C=O) groups excluding carboxylic acids is 3. The zero-order valence-corrected chi connectivity index (χ0v) is 18.3. The van der Waals surface area contributed by atoms with Gasteiger partial charge in [-0.25, -0.2) is 23.8 Å². The number of nitrogens with zero attached hydrogens (tertiary/aromatic N) is 3. The van der Waals surface area contributed by atoms with E-state index >= 15 is 0 Å². The summed E-state index contributed by atoms with van der Waals surface area (Å²) in [6, 6.07) is 6.94. The number of cyclic esters (lactones) is 1. The summed E-state index contributed by atoms with van der Waals surface area (Å²) in [6.45, 7) is 0.716. The molecule has 2 aromatic rings. The van der Waals surface area contributed by atoms with Crippen molar-refractivity contribution in [3.05, 3.63) is 42.3 Å². The Morgan fingerprint density at radius 3 is 2.79 bits per heavy atom. The fourth-order valence-corrected chi connectivity index (χ4v) is 3.27. The van der Waals surface area contributed by atoms with Crippen LogP contribution in [0.4, 0.5) is 30.3 Å². The number of alkyl carbamates (subject to hydrolysis) is 1. The lowest BCUT2D eigenvalue weighted by atomic mass is 10.1. The predicted octanol–water partition coefficient (Wildman–Crippen LogP) is 1.65. The number of urea groups is 1. The Balaban J connectivity index is 1.68. The first kappa shape index (κ1) is 24.2. The fraction of sp³-hybridized carbons (Fsp3) is 0.286. The largest absolute Gasteiger partial charge is 0.453 e. The highest BCUT2D eigenvalue weighted by molar-refractivity contribution is 5.90. The number of halogens is 1. The molecule has 1 saturated heterocycles. The number of rotatable bonds is 9. The Morgan fingerprint density at radius 2 is 2.18 bits per heavy atom. The third-order valence-electron chi connectivity index (χ3n) is 4.96. The minimum Gasteiger partial charge on any atom is -0.453 e. The second-order valence-electron chi connectivity index (χ2n) is 7.17. The number of benzene rings is 1. The van der Waals surface area contributed by atoms with Gasteiger partial charge in [0.05, 0.1) is 32.2 Å². The van der Waals surface area contributed by atoms with E-state index in [0.717, 1.165) is 6.34 Å². The SMILES string of the molecule is COC(=O)NCC1CN(c2ccc(-c3ccc(N(C=N)CCNC(N)=O)nc3)c(F)c2)C(=O)O1. The molecule has 12 nitrogen and oxygen atoms in total. The highest BCUT2D eigenvalue weighted by atomic mass is 19.1. The van der Waals surface area contributed by atoms with E-state index in [1.54, 1.807) is 18.2 Å². The Hall–Kier alpha value is -4.42. The lowest BCUT2D eigenvalue weighted by molar-refractivity contribution is 0.132. The van der Waals surface area contributed by atoms with Crippen LogP contribution in [0, 0.1) is 11.2 Å². The molecule has 34 heavy (non-hydrogen) atoms. The van der Waals surface area contributed by atoms with Crippen molar-refractivity contribution < 1.29 is 28.2 Å². The highest BCUT2D eigenvalue weighted by Gasteiger charge is 2.33. The van der Waals surface area contributed by atoms with Crippen LogP contribution in [0.2, 0.25) is 0 Å². The Kier molecular flexibility index (Phi) is 7.79. The molecular weight excluding hydrogens is 449 g/mol. The van der Waals surface area contributed by atoms with E-state index < -0.39 is 30.1 Å². The molecule has 5 N–H and O–H groups in total. The molecule has 1 aliphatic heterocycles. The molecule has 13 heteroatoms. The lowest BCUT2D eigenvalue weighted by Gasteiger charge is -2.18. The molecule has 1 aliphatic rings. The van der Waals surface area contributed by atoms with Gasteiger partial charge >= 0.3 is 18.2 Å². The van der Waals surface area contributed by atoms with Crippen molar-refractivity contribution in [2.75, 3.05) is 43.1 Å². The fourth-order valence-electron chi connectivity index (χ4n) is 3.27. The number of hydrogen-bond acceptors (Lipinski definition) is 7. The van der Waals surface area contributed by atoms with Crippen molar-refractivity contribution in [3.8, 4) is 11.1 Å². The number of nitrogens with one attached hydrogen (secondary N) is 3. The molecule has 180 valence electrons. The van der Waals surface area contributed by atoms with Crippen LogP contribution in [0.1, 0.15) is 0 Å². The number of carbonyl (C=O) groups is 3. The highest BCUT2D eigenvalue weighted by Crippen LogP contribution is 2.29. The van der Waals surface area contributed by atoms with Crippen LogP contribution in [-0.4, -0.2) is 68.9 Å². The summed E-state index contributed by atoms with van der Waals surface area (Å²) in [5, 5.41) is 12.4. The minimum absolute atomic E-state index is 0.0683. The molecule has 3 rings (SSSR count). The standard InChI is InChI=1S/C21H24FN7O5/c1-33-20(31)27-10-15-11-29(21(32)34-15)14-3-4-16(17(22)8-14)13-2-5-18(26-9-13)28(12-23)7-6-25-19(24)30/h2-5,8-9,12,15,23H,6-7,10-11H2,1H3,(H,27,31)(H3,24,25,30). The van der Waals surface area contributed by atoms with Gasteiger partial charge in [-0.1, -0.05) is 0 Å². The third-order valence-corrected chi connectivity index (χ3v) is 4.96. The maximum atomic E-state index is 14.9. The van der Waals surface area contributed by atoms with E-state index in [1.807, 2.05) is 0 Å². The van der Waals surface area contributed by atoms with Crippen molar-refractivity contribution >= 4 is 36.1 Å². The van der Waals surface area contributed by atoms with Crippen LogP contribution in [0.5, 0.6) is 0 Å². The van der Waals surface area contributed by atoms with Crippen molar-refractivity contribution in [3.63, 3.8) is 0 Å². The van der Waals surface area contributed by atoms with Gasteiger partial charge < -0.3 is 30.7 Å². The summed E-state index contributed by atoms with van der Waals surface area (Å²) < 4.78 is 24.6. The molecule has 1 atom stereocenters. The first-order chi connectivity index (χ1) is 16.3. The number of aromatic nitrogens is 1. The van der Waals surface area contributed by atoms with Gasteiger partial charge in [0.25, 0.3) is 0 Å². The Bertz CT molecular complexity index is 1070. The number of pyridine rings is 1. The van der Waals surface area contributed by atoms with Gasteiger partial charge in [-0.15, -0.1) is 0 Å². The van der Waals surface area contributed by atoms with Gasteiger partial charge in [-0.05, 0) is 30.3 Å². The van der Waals surface area contributed by atoms with Gasteiger partial charge in [-0.2, -0.15) is 0 Å². The number of methoxy groups -OCH3 is 1. The van der Waals surface area contributed by atoms with Crippen molar-refractivity contribution in [2.24, 2.45) is 5.73 Å². The maximum Gasteiger partial charge on any atom is 0.414 e. The number of primary amides is 1. The number of ether oxygens (including phenoxy) is 2. The summed E-state index contributed by atoms with van der Waals surface area (Å²) in [7, 11) is 1.23. The average Bonchev–Trinajstić information content (AvgIpc) is 3.20. The molecule has 1 unspecified atom stereocenters. The van der Waals surface area contributed by atoms with Crippen LogP contribution in [0.25, 0.3) is 11.1 Å². The van der Waals surface area contributed by atoms with Crippen LogP contribution in [0.3, 0.4) is 0 Å². The number of nitrogens with two attached hydrogens (primary N) is 1. The Morgan fingerprint density at radius 1 is 1.38 bits per heavy atom. The molecule has 1 aromatic carbocycles. The summed E-state index contributed by atoms with van der Waals surface area (Å²) in [4.78, 5) is 41.2. The monoisotopic (exact) mass is 473 g/mol. The van der Waals surface area contributed by atoms with E-state index in [9.17, 15) is 18.8 Å². The second kappa shape index (κ2) is 10.9. The van der Waals surface area contributed by atoms with Crippen molar-refractivity contribution in [1.82, 2.24) is 15.6 Å². The smallest absolute Gasteiger partial charge is 0.414 e. The van der Waals surface area contributed by atoms with Crippen molar-refractivity contribution in [1.29, 1.82) is 5.41 Å². The van der Waals surface area contributed by atoms with E-state index in [-0.39, 0.29) is 31.7 Å². The predicted molar refractivity (Wildman–Crippen MR) is 121 cm³/mol. The molecular formula is C21H24FN7O5. The van der Waals surface area contributed by atoms with Gasteiger partial charge in [-0.3, -0.25) is 10.3 Å². The summed E-state index contributed by atoms with van der Waals surface area (Å²) in [5.74, 6) is -0.126. The van der Waals surface area contributed by atoms with E-state index in [1.165, 1.54) is 35.2 Å². The zero-order valence-electron chi connectivity index (χ0n) is 18.3. The van der Waals surface area contributed by atoms with Crippen molar-refractivity contribution in [2.45, 2.75) is 6.10 Å². The lowest BCUT2D eigenvalue weighted by Crippen LogP contribution is -2.37. The Labute approximate surface area is 194 Å². The van der Waals surface area contributed by atoms with Gasteiger partial charge in [0.1, 0.15) is 17.7 Å².